The molecule has 0 aliphatic rings. The molecule has 100 valence electrons. The van der Waals surface area contributed by atoms with Crippen molar-refractivity contribution < 1.29 is 24.9 Å². The Morgan fingerprint density at radius 1 is 0.842 bits per heavy atom. The normalized spacial score (nSPS) is 8.21. The minimum atomic E-state index is -1.11. The van der Waals surface area contributed by atoms with Crippen LogP contribution >= 0.6 is 0 Å². The van der Waals surface area contributed by atoms with Gasteiger partial charge in [-0.05, 0) is 24.3 Å². The Balaban J connectivity index is 0.000000316. The highest BCUT2D eigenvalue weighted by molar-refractivity contribution is 5.90. The monoisotopic (exact) mass is 262 g/mol. The van der Waals surface area contributed by atoms with E-state index in [4.69, 9.17) is 20.1 Å². The molecule has 0 amide bonds. The van der Waals surface area contributed by atoms with Crippen molar-refractivity contribution in [3.05, 3.63) is 60.2 Å². The van der Waals surface area contributed by atoms with E-state index in [0.29, 0.717) is 5.75 Å². The summed E-state index contributed by atoms with van der Waals surface area (Å²) in [4.78, 5) is 18.3. The van der Waals surface area contributed by atoms with Crippen LogP contribution in [-0.4, -0.2) is 28.1 Å². The molecule has 2 rings (SSSR count). The van der Waals surface area contributed by atoms with Crippen molar-refractivity contribution in [2.75, 3.05) is 0 Å². The maximum atomic E-state index is 10.3. The lowest BCUT2D eigenvalue weighted by Crippen LogP contribution is -1.95. The van der Waals surface area contributed by atoms with Crippen molar-refractivity contribution in [2.45, 2.75) is 0 Å². The van der Waals surface area contributed by atoms with E-state index in [1.807, 2.05) is 12.9 Å². The van der Waals surface area contributed by atoms with E-state index in [-0.39, 0.29) is 11.3 Å². The number of aromatic carboxylic acids is 1. The first-order valence-corrected chi connectivity index (χ1v) is 5.15. The molecule has 2 aromatic carbocycles. The van der Waals surface area contributed by atoms with Gasteiger partial charge in [-0.25, -0.2) is 4.79 Å². The van der Waals surface area contributed by atoms with E-state index in [0.717, 1.165) is 0 Å². The maximum absolute atomic E-state index is 10.3. The summed E-state index contributed by atoms with van der Waals surface area (Å²) < 4.78 is 0. The Kier molecular flexibility index (Phi) is 7.86. The van der Waals surface area contributed by atoms with Gasteiger partial charge in [0.05, 0.1) is 0 Å². The fourth-order valence-electron chi connectivity index (χ4n) is 1.08. The van der Waals surface area contributed by atoms with Gasteiger partial charge in [0.15, 0.2) is 0 Å². The predicted octanol–water partition coefficient (Wildman–Crippen LogP) is 2.30. The number of carboxylic acids is 1. The highest BCUT2D eigenvalue weighted by Crippen LogP contribution is 2.14. The van der Waals surface area contributed by atoms with Gasteiger partial charge < -0.3 is 20.1 Å². The molecule has 0 aliphatic carbocycles. The number of hydrogen-bond acceptors (Lipinski definition) is 4. The topological polar surface area (TPSA) is 94.8 Å². The van der Waals surface area contributed by atoms with Crippen LogP contribution in [0.1, 0.15) is 10.4 Å². The van der Waals surface area contributed by atoms with Gasteiger partial charge in [-0.15, -0.1) is 0 Å². The van der Waals surface area contributed by atoms with E-state index in [9.17, 15) is 4.79 Å². The Labute approximate surface area is 110 Å². The highest BCUT2D eigenvalue weighted by Gasteiger charge is 2.05. The summed E-state index contributed by atoms with van der Waals surface area (Å²) in [7, 11) is 0. The van der Waals surface area contributed by atoms with Crippen molar-refractivity contribution in [3.63, 3.8) is 0 Å². The number of carboxylic acid groups (broad SMARTS) is 1. The molecule has 0 bridgehead atoms. The van der Waals surface area contributed by atoms with E-state index in [2.05, 4.69) is 0 Å². The van der Waals surface area contributed by atoms with Gasteiger partial charge in [-0.1, -0.05) is 30.3 Å². The minimum absolute atomic E-state index is 0.0671. The lowest BCUT2D eigenvalue weighted by atomic mass is 10.2. The maximum Gasteiger partial charge on any atom is 0.339 e. The van der Waals surface area contributed by atoms with Gasteiger partial charge in [-0.2, -0.15) is 0 Å². The molecule has 0 fully saturated rings. The first-order valence-electron chi connectivity index (χ1n) is 5.15. The van der Waals surface area contributed by atoms with Crippen LogP contribution in [0.2, 0.25) is 0 Å². The van der Waals surface area contributed by atoms with Crippen molar-refractivity contribution >= 4 is 12.8 Å². The fraction of sp³-hybridized carbons (Fsp3) is 0. The fourth-order valence-corrected chi connectivity index (χ4v) is 1.08. The van der Waals surface area contributed by atoms with Gasteiger partial charge in [0.2, 0.25) is 0 Å². The van der Waals surface area contributed by atoms with Gasteiger partial charge in [0.1, 0.15) is 23.9 Å². The average Bonchev–Trinajstić information content (AvgIpc) is 2.43. The molecule has 0 atom stereocenters. The van der Waals surface area contributed by atoms with Crippen LogP contribution in [0.3, 0.4) is 0 Å². The molecule has 0 spiro atoms. The molecule has 0 aliphatic heterocycles. The molecule has 0 radical (unpaired) electrons. The third-order valence-electron chi connectivity index (χ3n) is 1.89. The van der Waals surface area contributed by atoms with Crippen LogP contribution in [0.25, 0.3) is 0 Å². The van der Waals surface area contributed by atoms with Crippen LogP contribution in [0.4, 0.5) is 0 Å². The first-order chi connectivity index (χ1) is 9.11. The van der Waals surface area contributed by atoms with Crippen molar-refractivity contribution in [2.24, 2.45) is 0 Å². The van der Waals surface area contributed by atoms with Crippen LogP contribution in [0.15, 0.2) is 54.6 Å². The summed E-state index contributed by atoms with van der Waals surface area (Å²) in [6.07, 6.45) is 0. The molecule has 0 aromatic heterocycles. The quantitative estimate of drug-likeness (QED) is 0.733. The molecule has 0 heterocycles. The minimum Gasteiger partial charge on any atom is -0.508 e. The molecular formula is C14H14O5. The molecule has 0 saturated heterocycles. The van der Waals surface area contributed by atoms with Gasteiger partial charge >= 0.3 is 5.97 Å². The van der Waals surface area contributed by atoms with E-state index in [1.165, 1.54) is 12.1 Å². The van der Waals surface area contributed by atoms with Gasteiger partial charge in [0.25, 0.3) is 0 Å². The lowest BCUT2D eigenvalue weighted by Gasteiger charge is -1.95. The number of carbonyl (C=O) groups is 2. The molecule has 5 heteroatoms. The summed E-state index contributed by atoms with van der Waals surface area (Å²) in [6, 6.07) is 14.5. The van der Waals surface area contributed by atoms with Gasteiger partial charge in [-0.3, -0.25) is 0 Å². The molecule has 3 N–H and O–H groups in total. The molecule has 2 aromatic rings. The molecule has 0 saturated carbocycles. The lowest BCUT2D eigenvalue weighted by molar-refractivity contribution is -0.0980. The Morgan fingerprint density at radius 3 is 1.63 bits per heavy atom. The third kappa shape index (κ3) is 6.48. The van der Waals surface area contributed by atoms with Gasteiger partial charge in [0, 0.05) is 0 Å². The number of carbonyl (C=O) groups excluding carboxylic acids is 1. The predicted molar refractivity (Wildman–Crippen MR) is 70.3 cm³/mol. The number of phenols is 2. The second kappa shape index (κ2) is 9.23. The van der Waals surface area contributed by atoms with E-state index < -0.39 is 5.97 Å². The molecule has 5 nitrogen and oxygen atoms in total. The number of phenolic OH excluding ortho intramolecular Hbond substituents is 1. The van der Waals surface area contributed by atoms with Crippen LogP contribution < -0.4 is 0 Å². The van der Waals surface area contributed by atoms with Crippen molar-refractivity contribution in [1.29, 1.82) is 0 Å². The smallest absolute Gasteiger partial charge is 0.339 e. The van der Waals surface area contributed by atoms with E-state index >= 15 is 0 Å². The average molecular weight is 262 g/mol. The number of aromatic hydroxyl groups is 2. The van der Waals surface area contributed by atoms with Crippen molar-refractivity contribution in [1.82, 2.24) is 0 Å². The third-order valence-corrected chi connectivity index (χ3v) is 1.89. The second-order valence-corrected chi connectivity index (χ2v) is 3.16. The zero-order chi connectivity index (χ0) is 14.7. The summed E-state index contributed by atoms with van der Waals surface area (Å²) in [5.74, 6) is -0.990. The molecular weight excluding hydrogens is 248 g/mol. The Bertz CT molecular complexity index is 496. The number of rotatable bonds is 1. The standard InChI is InChI=1S/C7H6O3.C6H6O.CH2O/c8-6-4-2-1-3-5(6)7(9)10;7-6-4-2-1-3-5-6;1-2/h1-4,8H,(H,9,10);1-5,7H;1H2. The number of para-hydroxylation sites is 2. The van der Waals surface area contributed by atoms with Crippen LogP contribution in [0.5, 0.6) is 11.5 Å². The summed E-state index contributed by atoms with van der Waals surface area (Å²) in [5.41, 5.74) is -0.0671. The summed E-state index contributed by atoms with van der Waals surface area (Å²) >= 11 is 0. The van der Waals surface area contributed by atoms with Crippen LogP contribution in [0, 0.1) is 0 Å². The SMILES string of the molecule is C=O.O=C(O)c1ccccc1O.Oc1ccccc1. The Morgan fingerprint density at radius 2 is 1.32 bits per heavy atom. The summed E-state index contributed by atoms with van der Waals surface area (Å²) in [6.45, 7) is 2.00. The molecule has 0 unspecified atom stereocenters. The number of hydrogen-bond donors (Lipinski definition) is 3. The van der Waals surface area contributed by atoms with Crippen LogP contribution in [-0.2, 0) is 4.79 Å². The molecule has 19 heavy (non-hydrogen) atoms. The van der Waals surface area contributed by atoms with E-state index in [1.54, 1.807) is 36.4 Å². The number of benzene rings is 2. The van der Waals surface area contributed by atoms with Crippen molar-refractivity contribution in [3.8, 4) is 11.5 Å². The summed E-state index contributed by atoms with van der Waals surface area (Å²) in [5, 5.41) is 25.9. The largest absolute Gasteiger partial charge is 0.508 e. The second-order valence-electron chi connectivity index (χ2n) is 3.16. The zero-order valence-corrected chi connectivity index (χ0v) is 10.1. The highest BCUT2D eigenvalue weighted by atomic mass is 16.4. The zero-order valence-electron chi connectivity index (χ0n) is 10.1. The first kappa shape index (κ1) is 16.2. The Hall–Kier alpha value is -2.82.